The van der Waals surface area contributed by atoms with E-state index in [4.69, 9.17) is 9.47 Å². The van der Waals surface area contributed by atoms with Crippen molar-refractivity contribution in [2.45, 2.75) is 85.9 Å². The molecule has 0 aliphatic carbocycles. The first-order chi connectivity index (χ1) is 8.99. The lowest BCUT2D eigenvalue weighted by atomic mass is 9.96. The van der Waals surface area contributed by atoms with Crippen LogP contribution in [0.1, 0.15) is 73.6 Å². The summed E-state index contributed by atoms with van der Waals surface area (Å²) < 4.78 is 12.0. The summed E-state index contributed by atoms with van der Waals surface area (Å²) >= 11 is 0. The Kier molecular flexibility index (Phi) is 11.7. The summed E-state index contributed by atoms with van der Waals surface area (Å²) in [6.45, 7) is 15.2. The van der Waals surface area contributed by atoms with Crippen LogP contribution in [0.4, 0.5) is 0 Å². The SMILES string of the molecule is CCCOC(CC(C)C)CC(CC(C)C)OCCC. The first-order valence-corrected chi connectivity index (χ1v) is 8.22. The minimum absolute atomic E-state index is 0.362. The summed E-state index contributed by atoms with van der Waals surface area (Å²) in [4.78, 5) is 0. The minimum atomic E-state index is 0.362. The van der Waals surface area contributed by atoms with Crippen LogP contribution in [0.2, 0.25) is 0 Å². The second-order valence-electron chi connectivity index (χ2n) is 6.48. The van der Waals surface area contributed by atoms with E-state index in [1.54, 1.807) is 0 Å². The maximum absolute atomic E-state index is 6.01. The van der Waals surface area contributed by atoms with Crippen LogP contribution >= 0.6 is 0 Å². The van der Waals surface area contributed by atoms with E-state index in [9.17, 15) is 0 Å². The van der Waals surface area contributed by atoms with Gasteiger partial charge in [-0.2, -0.15) is 0 Å². The molecule has 0 amide bonds. The van der Waals surface area contributed by atoms with Crippen molar-refractivity contribution in [3.63, 3.8) is 0 Å². The van der Waals surface area contributed by atoms with Crippen LogP contribution in [0.15, 0.2) is 0 Å². The number of rotatable bonds is 12. The van der Waals surface area contributed by atoms with Crippen molar-refractivity contribution in [2.24, 2.45) is 11.8 Å². The zero-order valence-corrected chi connectivity index (χ0v) is 14.1. The van der Waals surface area contributed by atoms with Crippen LogP contribution in [0.3, 0.4) is 0 Å². The van der Waals surface area contributed by atoms with Crippen LogP contribution < -0.4 is 0 Å². The van der Waals surface area contributed by atoms with E-state index < -0.39 is 0 Å². The van der Waals surface area contributed by atoms with Crippen LogP contribution in [0.25, 0.3) is 0 Å². The Bertz CT molecular complexity index is 170. The van der Waals surface area contributed by atoms with Gasteiger partial charge in [-0.3, -0.25) is 0 Å². The predicted molar refractivity (Wildman–Crippen MR) is 83.6 cm³/mol. The maximum Gasteiger partial charge on any atom is 0.0602 e. The molecule has 19 heavy (non-hydrogen) atoms. The van der Waals surface area contributed by atoms with Crippen LogP contribution in [-0.2, 0) is 9.47 Å². The quantitative estimate of drug-likeness (QED) is 0.494. The Hall–Kier alpha value is -0.0800. The molecule has 2 unspecified atom stereocenters. The van der Waals surface area contributed by atoms with Gasteiger partial charge in [0.15, 0.2) is 0 Å². The Morgan fingerprint density at radius 2 is 1.00 bits per heavy atom. The number of hydrogen-bond donors (Lipinski definition) is 0. The van der Waals surface area contributed by atoms with Crippen molar-refractivity contribution < 1.29 is 9.47 Å². The Labute approximate surface area is 121 Å². The Morgan fingerprint density at radius 3 is 1.26 bits per heavy atom. The number of ether oxygens (including phenoxy) is 2. The monoisotopic (exact) mass is 272 g/mol. The second-order valence-corrected chi connectivity index (χ2v) is 6.48. The fourth-order valence-electron chi connectivity index (χ4n) is 2.38. The second kappa shape index (κ2) is 11.7. The van der Waals surface area contributed by atoms with Crippen molar-refractivity contribution in [1.29, 1.82) is 0 Å². The third-order valence-corrected chi connectivity index (χ3v) is 3.11. The Morgan fingerprint density at radius 1 is 0.632 bits per heavy atom. The maximum atomic E-state index is 6.01. The van der Waals surface area contributed by atoms with Crippen LogP contribution in [0.5, 0.6) is 0 Å². The zero-order valence-electron chi connectivity index (χ0n) is 14.1. The lowest BCUT2D eigenvalue weighted by molar-refractivity contribution is -0.0309. The standard InChI is InChI=1S/C17H36O2/c1-7-9-18-16(11-14(3)4)13-17(12-15(5)6)19-10-8-2/h14-17H,7-13H2,1-6H3. The van der Waals surface area contributed by atoms with Crippen molar-refractivity contribution in [1.82, 2.24) is 0 Å². The molecular formula is C17H36O2. The molecular weight excluding hydrogens is 236 g/mol. The van der Waals surface area contributed by atoms with Crippen LogP contribution in [0, 0.1) is 11.8 Å². The highest BCUT2D eigenvalue weighted by atomic mass is 16.5. The van der Waals surface area contributed by atoms with Crippen molar-refractivity contribution in [3.05, 3.63) is 0 Å². The topological polar surface area (TPSA) is 18.5 Å². The van der Waals surface area contributed by atoms with E-state index >= 15 is 0 Å². The highest BCUT2D eigenvalue weighted by molar-refractivity contribution is 4.70. The molecule has 0 aromatic rings. The molecule has 0 N–H and O–H groups in total. The van der Waals surface area contributed by atoms with Gasteiger partial charge in [-0.1, -0.05) is 41.5 Å². The van der Waals surface area contributed by atoms with Gasteiger partial charge in [-0.05, 0) is 43.9 Å². The molecule has 0 radical (unpaired) electrons. The van der Waals surface area contributed by atoms with E-state index in [0.29, 0.717) is 24.0 Å². The van der Waals surface area contributed by atoms with E-state index in [-0.39, 0.29) is 0 Å². The molecule has 0 saturated carbocycles. The first-order valence-electron chi connectivity index (χ1n) is 8.22. The third-order valence-electron chi connectivity index (χ3n) is 3.11. The summed E-state index contributed by atoms with van der Waals surface area (Å²) in [5.41, 5.74) is 0. The average molecular weight is 272 g/mol. The van der Waals surface area contributed by atoms with E-state index in [2.05, 4.69) is 41.5 Å². The molecule has 2 nitrogen and oxygen atoms in total. The Balaban J connectivity index is 4.33. The van der Waals surface area contributed by atoms with Gasteiger partial charge in [0.2, 0.25) is 0 Å². The molecule has 0 aromatic carbocycles. The van der Waals surface area contributed by atoms with Gasteiger partial charge in [0.05, 0.1) is 12.2 Å². The molecule has 0 aromatic heterocycles. The summed E-state index contributed by atoms with van der Waals surface area (Å²) in [7, 11) is 0. The van der Waals surface area contributed by atoms with E-state index in [1.807, 2.05) is 0 Å². The third kappa shape index (κ3) is 11.4. The first kappa shape index (κ1) is 18.9. The molecule has 0 aliphatic heterocycles. The summed E-state index contributed by atoms with van der Waals surface area (Å²) in [6.07, 6.45) is 6.25. The minimum Gasteiger partial charge on any atom is -0.378 e. The fourth-order valence-corrected chi connectivity index (χ4v) is 2.38. The predicted octanol–water partition coefficient (Wildman–Crippen LogP) is 5.06. The van der Waals surface area contributed by atoms with E-state index in [0.717, 1.165) is 45.3 Å². The number of hydrogen-bond acceptors (Lipinski definition) is 2. The summed E-state index contributed by atoms with van der Waals surface area (Å²) in [5.74, 6) is 1.38. The van der Waals surface area contributed by atoms with Crippen molar-refractivity contribution in [2.75, 3.05) is 13.2 Å². The molecule has 2 atom stereocenters. The lowest BCUT2D eigenvalue weighted by Crippen LogP contribution is -2.26. The summed E-state index contributed by atoms with van der Waals surface area (Å²) in [5, 5.41) is 0. The largest absolute Gasteiger partial charge is 0.378 e. The van der Waals surface area contributed by atoms with Gasteiger partial charge in [0.25, 0.3) is 0 Å². The summed E-state index contributed by atoms with van der Waals surface area (Å²) in [6, 6.07) is 0. The van der Waals surface area contributed by atoms with Gasteiger partial charge in [-0.25, -0.2) is 0 Å². The smallest absolute Gasteiger partial charge is 0.0602 e. The molecule has 0 aliphatic rings. The molecule has 0 saturated heterocycles. The van der Waals surface area contributed by atoms with Gasteiger partial charge in [0, 0.05) is 13.2 Å². The normalized spacial score (nSPS) is 15.2. The highest BCUT2D eigenvalue weighted by Crippen LogP contribution is 2.20. The van der Waals surface area contributed by atoms with Gasteiger partial charge in [-0.15, -0.1) is 0 Å². The highest BCUT2D eigenvalue weighted by Gasteiger charge is 2.19. The van der Waals surface area contributed by atoms with Gasteiger partial charge >= 0.3 is 0 Å². The molecule has 0 spiro atoms. The fraction of sp³-hybridized carbons (Fsp3) is 1.00. The zero-order chi connectivity index (χ0) is 14.7. The van der Waals surface area contributed by atoms with Crippen molar-refractivity contribution >= 4 is 0 Å². The molecule has 116 valence electrons. The van der Waals surface area contributed by atoms with E-state index in [1.165, 1.54) is 0 Å². The molecule has 0 bridgehead atoms. The molecule has 2 heteroatoms. The van der Waals surface area contributed by atoms with Gasteiger partial charge in [0.1, 0.15) is 0 Å². The van der Waals surface area contributed by atoms with Gasteiger partial charge < -0.3 is 9.47 Å². The lowest BCUT2D eigenvalue weighted by Gasteiger charge is -2.26. The average Bonchev–Trinajstić information content (AvgIpc) is 2.31. The molecule has 0 fully saturated rings. The van der Waals surface area contributed by atoms with Crippen molar-refractivity contribution in [3.8, 4) is 0 Å². The van der Waals surface area contributed by atoms with Crippen LogP contribution in [-0.4, -0.2) is 25.4 Å². The molecule has 0 heterocycles. The molecule has 0 rings (SSSR count).